The summed E-state index contributed by atoms with van der Waals surface area (Å²) in [5.74, 6) is -1.36. The minimum atomic E-state index is -0.929. The van der Waals surface area contributed by atoms with Crippen LogP contribution in [0.1, 0.15) is 81.3 Å². The number of hydrogen-bond acceptors (Lipinski definition) is 5. The van der Waals surface area contributed by atoms with Crippen molar-refractivity contribution in [2.45, 2.75) is 72.3 Å². The molecular formula is C23H32O6. The minimum absolute atomic E-state index is 0.106. The molecule has 160 valence electrons. The van der Waals surface area contributed by atoms with Crippen LogP contribution in [0.15, 0.2) is 11.6 Å². The maximum atomic E-state index is 13.1. The van der Waals surface area contributed by atoms with E-state index in [0.29, 0.717) is 29.7 Å². The van der Waals surface area contributed by atoms with Crippen LogP contribution in [-0.2, 0) is 11.2 Å². The van der Waals surface area contributed by atoms with Gasteiger partial charge in [-0.05, 0) is 33.6 Å². The number of aliphatic carboxylic acids is 1. The van der Waals surface area contributed by atoms with Gasteiger partial charge in [0, 0.05) is 17.0 Å². The molecule has 3 atom stereocenters. The molecule has 1 aromatic rings. The van der Waals surface area contributed by atoms with Crippen molar-refractivity contribution in [2.24, 2.45) is 5.92 Å². The molecule has 6 heteroatoms. The molecule has 0 unspecified atom stereocenters. The van der Waals surface area contributed by atoms with Gasteiger partial charge in [0.25, 0.3) is 0 Å². The van der Waals surface area contributed by atoms with Crippen molar-refractivity contribution in [3.8, 4) is 17.2 Å². The Labute approximate surface area is 172 Å². The Morgan fingerprint density at radius 2 is 1.97 bits per heavy atom. The molecule has 2 rings (SSSR count). The van der Waals surface area contributed by atoms with Gasteiger partial charge in [0.2, 0.25) is 0 Å². The van der Waals surface area contributed by atoms with E-state index in [1.54, 1.807) is 6.92 Å². The fourth-order valence-corrected chi connectivity index (χ4v) is 3.85. The summed E-state index contributed by atoms with van der Waals surface area (Å²) in [6.07, 6.45) is 3.20. The van der Waals surface area contributed by atoms with E-state index in [1.807, 2.05) is 33.8 Å². The zero-order chi connectivity index (χ0) is 21.9. The molecule has 1 aliphatic rings. The molecule has 29 heavy (non-hydrogen) atoms. The van der Waals surface area contributed by atoms with E-state index in [-0.39, 0.29) is 41.3 Å². The second-order valence-corrected chi connectivity index (χ2v) is 8.02. The van der Waals surface area contributed by atoms with E-state index in [1.165, 1.54) is 7.11 Å². The highest BCUT2D eigenvalue weighted by molar-refractivity contribution is 6.05. The Bertz CT molecular complexity index is 819. The number of methoxy groups -OCH3 is 1. The number of benzene rings is 1. The summed E-state index contributed by atoms with van der Waals surface area (Å²) in [6.45, 7) is 9.46. The smallest absolute Gasteiger partial charge is 0.303 e. The van der Waals surface area contributed by atoms with Gasteiger partial charge in [-0.15, -0.1) is 0 Å². The maximum absolute atomic E-state index is 13.1. The second kappa shape index (κ2) is 9.33. The molecule has 0 amide bonds. The van der Waals surface area contributed by atoms with Gasteiger partial charge in [0.05, 0.1) is 19.4 Å². The van der Waals surface area contributed by atoms with E-state index in [4.69, 9.17) is 9.47 Å². The Hall–Kier alpha value is -2.50. The van der Waals surface area contributed by atoms with Crippen LogP contribution in [0.3, 0.4) is 0 Å². The predicted molar refractivity (Wildman–Crippen MR) is 111 cm³/mol. The Balaban J connectivity index is 2.87. The first-order valence-electron chi connectivity index (χ1n) is 10.2. The standard InChI is InChI=1S/C23H32O6/c1-7-8-15(11-17(24)25)18-22(28-6)16(10-9-12(2)3)21(27)19-20(26)13(4)14(5)29-23(18)19/h9,13-15,27H,7-8,10-11H2,1-6H3,(H,24,25)/t13-,14-,15+/m0/s1. The van der Waals surface area contributed by atoms with E-state index in [2.05, 4.69) is 0 Å². The van der Waals surface area contributed by atoms with Crippen molar-refractivity contribution < 1.29 is 29.3 Å². The van der Waals surface area contributed by atoms with Gasteiger partial charge < -0.3 is 19.7 Å². The van der Waals surface area contributed by atoms with Gasteiger partial charge in [-0.1, -0.05) is 31.9 Å². The number of aromatic hydroxyl groups is 1. The molecule has 6 nitrogen and oxygen atoms in total. The molecule has 1 heterocycles. The number of fused-ring (bicyclic) bond motifs is 1. The molecule has 1 aromatic carbocycles. The third-order valence-electron chi connectivity index (χ3n) is 5.57. The van der Waals surface area contributed by atoms with E-state index in [9.17, 15) is 19.8 Å². The zero-order valence-electron chi connectivity index (χ0n) is 18.2. The van der Waals surface area contributed by atoms with Crippen molar-refractivity contribution in [3.05, 3.63) is 28.3 Å². The lowest BCUT2D eigenvalue weighted by Gasteiger charge is -2.33. The molecular weight excluding hydrogens is 372 g/mol. The average Bonchev–Trinajstić information content (AvgIpc) is 2.63. The quantitative estimate of drug-likeness (QED) is 0.601. The summed E-state index contributed by atoms with van der Waals surface area (Å²) in [4.78, 5) is 24.6. The number of ketones is 1. The Morgan fingerprint density at radius 1 is 1.31 bits per heavy atom. The number of hydrogen-bond donors (Lipinski definition) is 2. The fourth-order valence-electron chi connectivity index (χ4n) is 3.85. The highest BCUT2D eigenvalue weighted by atomic mass is 16.5. The topological polar surface area (TPSA) is 93.1 Å². The first-order valence-corrected chi connectivity index (χ1v) is 10.2. The highest BCUT2D eigenvalue weighted by Crippen LogP contribution is 2.51. The van der Waals surface area contributed by atoms with E-state index >= 15 is 0 Å². The Morgan fingerprint density at radius 3 is 2.48 bits per heavy atom. The average molecular weight is 405 g/mol. The number of Topliss-reactive ketones (excluding diaryl/α,β-unsaturated/α-hetero) is 1. The van der Waals surface area contributed by atoms with Crippen LogP contribution in [0.2, 0.25) is 0 Å². The summed E-state index contributed by atoms with van der Waals surface area (Å²) >= 11 is 0. The van der Waals surface area contributed by atoms with Crippen LogP contribution in [0.4, 0.5) is 0 Å². The van der Waals surface area contributed by atoms with Crippen LogP contribution in [-0.4, -0.2) is 35.2 Å². The SMILES string of the molecule is CCC[C@H](CC(=O)O)c1c(OC)c(CC=C(C)C)c(O)c2c1O[C@@H](C)[C@H](C)C2=O. The first kappa shape index (κ1) is 22.8. The number of phenols is 1. The largest absolute Gasteiger partial charge is 0.507 e. The van der Waals surface area contributed by atoms with Crippen LogP contribution < -0.4 is 9.47 Å². The maximum Gasteiger partial charge on any atom is 0.303 e. The third kappa shape index (κ3) is 4.57. The number of carboxylic acid groups (broad SMARTS) is 1. The van der Waals surface area contributed by atoms with Crippen molar-refractivity contribution in [1.29, 1.82) is 0 Å². The zero-order valence-corrected chi connectivity index (χ0v) is 18.2. The normalized spacial score (nSPS) is 19.2. The van der Waals surface area contributed by atoms with Crippen molar-refractivity contribution in [2.75, 3.05) is 7.11 Å². The van der Waals surface area contributed by atoms with Gasteiger partial charge >= 0.3 is 5.97 Å². The van der Waals surface area contributed by atoms with Gasteiger partial charge in [-0.25, -0.2) is 0 Å². The number of carboxylic acids is 1. The lowest BCUT2D eigenvalue weighted by molar-refractivity contribution is -0.137. The molecule has 0 aromatic heterocycles. The fraction of sp³-hybridized carbons (Fsp3) is 0.565. The first-order chi connectivity index (χ1) is 13.6. The third-order valence-corrected chi connectivity index (χ3v) is 5.57. The summed E-state index contributed by atoms with van der Waals surface area (Å²) < 4.78 is 11.8. The predicted octanol–water partition coefficient (Wildman–Crippen LogP) is 4.87. The van der Waals surface area contributed by atoms with Gasteiger partial charge in [0.15, 0.2) is 5.78 Å². The molecule has 2 N–H and O–H groups in total. The monoisotopic (exact) mass is 404 g/mol. The summed E-state index contributed by atoms with van der Waals surface area (Å²) in [6, 6.07) is 0. The van der Waals surface area contributed by atoms with Gasteiger partial charge in [0.1, 0.15) is 28.9 Å². The Kier molecular flexibility index (Phi) is 7.33. The van der Waals surface area contributed by atoms with E-state index < -0.39 is 11.9 Å². The summed E-state index contributed by atoms with van der Waals surface area (Å²) in [5, 5.41) is 20.5. The van der Waals surface area contributed by atoms with Crippen LogP contribution in [0.5, 0.6) is 17.2 Å². The summed E-state index contributed by atoms with van der Waals surface area (Å²) in [7, 11) is 1.50. The lowest BCUT2D eigenvalue weighted by Crippen LogP contribution is -2.35. The molecule has 0 bridgehead atoms. The van der Waals surface area contributed by atoms with Crippen LogP contribution >= 0.6 is 0 Å². The number of ether oxygens (including phenoxy) is 2. The summed E-state index contributed by atoms with van der Waals surface area (Å²) in [5.41, 5.74) is 2.28. The molecule has 0 saturated carbocycles. The van der Waals surface area contributed by atoms with Crippen molar-refractivity contribution >= 4 is 11.8 Å². The van der Waals surface area contributed by atoms with Gasteiger partial charge in [-0.3, -0.25) is 9.59 Å². The molecule has 0 fully saturated rings. The van der Waals surface area contributed by atoms with E-state index in [0.717, 1.165) is 12.0 Å². The molecule has 1 aliphatic heterocycles. The number of rotatable bonds is 8. The number of carbonyl (C=O) groups excluding carboxylic acids is 1. The number of phenolic OH excluding ortho intramolecular Hbond substituents is 1. The molecule has 0 spiro atoms. The number of allylic oxidation sites excluding steroid dienone is 2. The highest BCUT2D eigenvalue weighted by Gasteiger charge is 2.40. The second-order valence-electron chi connectivity index (χ2n) is 8.02. The molecule has 0 saturated heterocycles. The van der Waals surface area contributed by atoms with Gasteiger partial charge in [-0.2, -0.15) is 0 Å². The van der Waals surface area contributed by atoms with Crippen molar-refractivity contribution in [3.63, 3.8) is 0 Å². The van der Waals surface area contributed by atoms with Crippen LogP contribution in [0, 0.1) is 5.92 Å². The molecule has 0 aliphatic carbocycles. The minimum Gasteiger partial charge on any atom is -0.507 e. The molecule has 0 radical (unpaired) electrons. The lowest BCUT2D eigenvalue weighted by atomic mass is 9.81. The van der Waals surface area contributed by atoms with Crippen LogP contribution in [0.25, 0.3) is 0 Å². The number of carbonyl (C=O) groups is 2. The van der Waals surface area contributed by atoms with Crippen molar-refractivity contribution in [1.82, 2.24) is 0 Å².